The van der Waals surface area contributed by atoms with Crippen LogP contribution in [0.4, 0.5) is 0 Å². The van der Waals surface area contributed by atoms with Crippen molar-refractivity contribution in [2.24, 2.45) is 0 Å². The first-order valence-electron chi connectivity index (χ1n) is 34.5. The van der Waals surface area contributed by atoms with Gasteiger partial charge in [-0.25, -0.2) is 39.9 Å². The lowest BCUT2D eigenvalue weighted by molar-refractivity contribution is 1.01. The molecule has 13 rings (SSSR count). The van der Waals surface area contributed by atoms with Gasteiger partial charge in [-0.2, -0.15) is 0 Å². The van der Waals surface area contributed by atoms with Crippen LogP contribution in [0, 0.1) is 180 Å². The predicted octanol–water partition coefficient (Wildman–Crippen LogP) is 20.3. The fraction of sp³-hybridized carbons (Fsp3) is 0.295. The van der Waals surface area contributed by atoms with Crippen LogP contribution in [0.5, 0.6) is 0 Å². The molecule has 0 bridgehead atoms. The van der Waals surface area contributed by atoms with Gasteiger partial charge < -0.3 is 0 Å². The van der Waals surface area contributed by atoms with Crippen molar-refractivity contribution in [3.05, 3.63) is 367 Å². The Kier molecular flexibility index (Phi) is 46.7. The standard InChI is InChI=1S/2C8H10.6C7H9N.5C6H8N2/c1-7-3-5-8(2)6-4-7;1-7-4-3-5-8(2)6-7;1-6-3-7(2)5-8-4-6;2*1-6-3-4-8-7(2)5-6;2*1-6-3-4-7(2)8-5-6;1-6-4-3-5-7(2)8-6;1-5-3-8-6(2)4-7-5;2*1-5-3-7-6(2)8-4-5;2*1-5-3-4-7-6(2)8-5/h2*3-6H,1-2H3;6*3-5H,1-2H3;5*3-4H,1-2H3. The quantitative estimate of drug-likeness (QED) is 0.138. The zero-order valence-electron chi connectivity index (χ0n) is 66.9. The summed E-state index contributed by atoms with van der Waals surface area (Å²) in [6.07, 6.45) is 25.4. The summed E-state index contributed by atoms with van der Waals surface area (Å²) in [5.74, 6) is 3.33. The van der Waals surface area contributed by atoms with Crippen molar-refractivity contribution in [3.8, 4) is 0 Å². The van der Waals surface area contributed by atoms with Crippen LogP contribution < -0.4 is 0 Å². The summed E-state index contributed by atoms with van der Waals surface area (Å²) in [7, 11) is 0. The molecule has 546 valence electrons. The van der Waals surface area contributed by atoms with E-state index in [-0.39, 0.29) is 0 Å². The largest absolute Gasteiger partial charge is 0.264 e. The third-order valence-electron chi connectivity index (χ3n) is 13.2. The molecule has 11 heterocycles. The number of rotatable bonds is 0. The van der Waals surface area contributed by atoms with Crippen molar-refractivity contribution < 1.29 is 0 Å². The molecule has 0 saturated carbocycles. The van der Waals surface area contributed by atoms with E-state index in [1.54, 1.807) is 24.8 Å². The second kappa shape index (κ2) is 53.6. The second-order valence-electron chi connectivity index (χ2n) is 25.1. The first-order chi connectivity index (χ1) is 49.2. The first-order valence-corrected chi connectivity index (χ1v) is 34.5. The van der Waals surface area contributed by atoms with Gasteiger partial charge in [0.25, 0.3) is 0 Å². The molecule has 0 unspecified atom stereocenters. The van der Waals surface area contributed by atoms with Crippen molar-refractivity contribution in [1.29, 1.82) is 0 Å². The predicted molar refractivity (Wildman–Crippen MR) is 432 cm³/mol. The fourth-order valence-electron chi connectivity index (χ4n) is 7.81. The Morgan fingerprint density at radius 1 is 0.154 bits per heavy atom. The summed E-state index contributed by atoms with van der Waals surface area (Å²) in [4.78, 5) is 64.3. The molecule has 0 atom stereocenters. The lowest BCUT2D eigenvalue weighted by Gasteiger charge is -1.90. The molecule has 0 radical (unpaired) electrons. The van der Waals surface area contributed by atoms with Crippen LogP contribution in [-0.4, -0.2) is 79.7 Å². The minimum absolute atomic E-state index is 0.829. The monoisotopic (exact) mass is 1390 g/mol. The van der Waals surface area contributed by atoms with Crippen LogP contribution in [0.1, 0.15) is 147 Å². The van der Waals surface area contributed by atoms with E-state index in [9.17, 15) is 0 Å². The minimum Gasteiger partial charge on any atom is -0.264 e. The van der Waals surface area contributed by atoms with Crippen molar-refractivity contribution in [1.82, 2.24) is 79.7 Å². The van der Waals surface area contributed by atoms with Gasteiger partial charge in [-0.15, -0.1) is 0 Å². The van der Waals surface area contributed by atoms with Gasteiger partial charge >= 0.3 is 0 Å². The molecule has 0 aliphatic rings. The van der Waals surface area contributed by atoms with Gasteiger partial charge in [0.15, 0.2) is 0 Å². The molecule has 16 nitrogen and oxygen atoms in total. The van der Waals surface area contributed by atoms with Crippen molar-refractivity contribution >= 4 is 0 Å². The van der Waals surface area contributed by atoms with Crippen LogP contribution in [0.2, 0.25) is 0 Å². The maximum absolute atomic E-state index is 4.17. The van der Waals surface area contributed by atoms with E-state index in [4.69, 9.17) is 0 Å². The minimum atomic E-state index is 0.829. The van der Waals surface area contributed by atoms with Crippen molar-refractivity contribution in [2.75, 3.05) is 0 Å². The van der Waals surface area contributed by atoms with Gasteiger partial charge in [-0.05, 0) is 285 Å². The van der Waals surface area contributed by atoms with E-state index in [0.29, 0.717) is 0 Å². The number of hydrogen-bond acceptors (Lipinski definition) is 16. The van der Waals surface area contributed by atoms with Crippen LogP contribution in [0.15, 0.2) is 220 Å². The SMILES string of the molecule is Cc1ccc(C)cc1.Cc1ccc(C)nc1.Cc1ccc(C)nc1.Cc1cccc(C)c1.Cc1cccc(C)n1.Cc1ccnc(C)c1.Cc1ccnc(C)c1.Cc1ccnc(C)n1.Cc1ccnc(C)n1.Cc1cnc(C)cn1.Cc1cnc(C)nc1.Cc1cnc(C)nc1.Cc1cncc(C)c1. The molecule has 2 aromatic carbocycles. The van der Waals surface area contributed by atoms with E-state index in [1.807, 2.05) is 255 Å². The number of hydrogen-bond donors (Lipinski definition) is 0. The van der Waals surface area contributed by atoms with E-state index < -0.39 is 0 Å². The highest BCUT2D eigenvalue weighted by Crippen LogP contribution is 2.04. The van der Waals surface area contributed by atoms with E-state index in [0.717, 1.165) is 91.4 Å². The molecule has 0 saturated heterocycles. The number of nitrogens with zero attached hydrogens (tertiary/aromatic N) is 16. The molecular weight excluding hydrogens is 1280 g/mol. The lowest BCUT2D eigenvalue weighted by atomic mass is 10.2. The van der Waals surface area contributed by atoms with Crippen LogP contribution in [0.3, 0.4) is 0 Å². The van der Waals surface area contributed by atoms with Gasteiger partial charge in [-0.1, -0.05) is 95.1 Å². The summed E-state index contributed by atoms with van der Waals surface area (Å²) in [6.45, 7) is 51.8. The number of benzene rings is 2. The molecule has 0 amide bonds. The summed E-state index contributed by atoms with van der Waals surface area (Å²) >= 11 is 0. The fourth-order valence-corrected chi connectivity index (χ4v) is 7.81. The van der Waals surface area contributed by atoms with Crippen LogP contribution >= 0.6 is 0 Å². The Labute approximate surface area is 623 Å². The normalized spacial score (nSPS) is 9.25. The van der Waals surface area contributed by atoms with Crippen molar-refractivity contribution in [2.45, 2.75) is 180 Å². The molecule has 13 aromatic rings. The van der Waals surface area contributed by atoms with Crippen LogP contribution in [-0.2, 0) is 0 Å². The summed E-state index contributed by atoms with van der Waals surface area (Å²) in [5.41, 5.74) is 25.5. The highest BCUT2D eigenvalue weighted by molar-refractivity contribution is 5.22. The second-order valence-corrected chi connectivity index (χ2v) is 25.1. The Morgan fingerprint density at radius 3 is 0.663 bits per heavy atom. The molecule has 0 spiro atoms. The summed E-state index contributed by atoms with van der Waals surface area (Å²) in [5, 5.41) is 0. The van der Waals surface area contributed by atoms with Gasteiger partial charge in [-0.3, -0.25) is 39.9 Å². The number of aryl methyl sites for hydroxylation is 26. The average molecular weight is 1400 g/mol. The van der Waals surface area contributed by atoms with Gasteiger partial charge in [0.05, 0.1) is 11.4 Å². The van der Waals surface area contributed by atoms with Gasteiger partial charge in [0, 0.05) is 132 Å². The highest BCUT2D eigenvalue weighted by Gasteiger charge is 1.91. The average Bonchev–Trinajstić information content (AvgIpc) is 3.86. The lowest BCUT2D eigenvalue weighted by Crippen LogP contribution is -1.86. The van der Waals surface area contributed by atoms with E-state index in [2.05, 4.69) is 200 Å². The smallest absolute Gasteiger partial charge is 0.125 e. The number of aromatic nitrogens is 16. The van der Waals surface area contributed by atoms with Gasteiger partial charge in [0.1, 0.15) is 23.3 Å². The van der Waals surface area contributed by atoms with E-state index in [1.165, 1.54) is 55.6 Å². The Morgan fingerprint density at radius 2 is 0.452 bits per heavy atom. The van der Waals surface area contributed by atoms with Crippen LogP contribution in [0.25, 0.3) is 0 Å². The molecule has 0 aliphatic carbocycles. The molecule has 0 fully saturated rings. The Bertz CT molecular complexity index is 3340. The maximum Gasteiger partial charge on any atom is 0.125 e. The Hall–Kier alpha value is -11.3. The maximum atomic E-state index is 4.17. The van der Waals surface area contributed by atoms with Gasteiger partial charge in [0.2, 0.25) is 0 Å². The zero-order chi connectivity index (χ0) is 77.8. The molecule has 16 heteroatoms. The Balaban J connectivity index is 0.000000563. The third kappa shape index (κ3) is 51.8. The molecule has 0 N–H and O–H groups in total. The topological polar surface area (TPSA) is 206 Å². The van der Waals surface area contributed by atoms with E-state index >= 15 is 0 Å². The molecular formula is C88H114N16. The molecule has 0 aliphatic heterocycles. The number of pyridine rings is 6. The molecule has 11 aromatic heterocycles. The van der Waals surface area contributed by atoms with Crippen molar-refractivity contribution in [3.63, 3.8) is 0 Å². The summed E-state index contributed by atoms with van der Waals surface area (Å²) < 4.78 is 0. The first kappa shape index (κ1) is 90.8. The summed E-state index contributed by atoms with van der Waals surface area (Å²) in [6, 6.07) is 45.0. The molecule has 104 heavy (non-hydrogen) atoms. The highest BCUT2D eigenvalue weighted by atomic mass is 14.9. The third-order valence-corrected chi connectivity index (χ3v) is 13.2. The zero-order valence-corrected chi connectivity index (χ0v) is 66.9.